The normalized spacial score (nSPS) is 22.1. The number of unbranched alkanes of at least 4 members (excludes halogenated alkanes) is 1. The molecule has 0 spiro atoms. The van der Waals surface area contributed by atoms with Crippen molar-refractivity contribution in [3.63, 3.8) is 0 Å². The van der Waals surface area contributed by atoms with Crippen LogP contribution in [0.3, 0.4) is 0 Å². The Kier molecular flexibility index (Phi) is 6.62. The lowest BCUT2D eigenvalue weighted by Crippen LogP contribution is -2.40. The van der Waals surface area contributed by atoms with Gasteiger partial charge in [0.2, 0.25) is 0 Å². The number of carbonyl (C=O) groups is 1. The van der Waals surface area contributed by atoms with Gasteiger partial charge in [-0.25, -0.2) is 4.79 Å². The van der Waals surface area contributed by atoms with Gasteiger partial charge < -0.3 is 19.8 Å². The predicted molar refractivity (Wildman–Crippen MR) is 110 cm³/mol. The minimum absolute atomic E-state index is 0.0209. The number of anilines is 1. The molecule has 0 amide bonds. The molecule has 1 aromatic rings. The second-order valence-electron chi connectivity index (χ2n) is 7.75. The molecule has 3 rings (SSSR count). The maximum Gasteiger partial charge on any atom is 0.336 e. The number of hydrogen-bond acceptors (Lipinski definition) is 5. The summed E-state index contributed by atoms with van der Waals surface area (Å²) in [6.45, 7) is 9.66. The maximum atomic E-state index is 11.7. The third-order valence-electron chi connectivity index (χ3n) is 5.83. The number of fused-ring (bicyclic) bond motifs is 1. The molecule has 2 N–H and O–H groups in total. The lowest BCUT2D eigenvalue weighted by molar-refractivity contribution is -0.133. The van der Waals surface area contributed by atoms with Gasteiger partial charge >= 0.3 is 5.97 Å². The number of ether oxygens (including phenoxy) is 1. The van der Waals surface area contributed by atoms with E-state index < -0.39 is 12.1 Å². The topological polar surface area (TPSA) is 73.2 Å². The number of aliphatic carboxylic acids is 1. The van der Waals surface area contributed by atoms with Gasteiger partial charge in [0, 0.05) is 30.4 Å². The molecule has 1 aromatic carbocycles. The second-order valence-corrected chi connectivity index (χ2v) is 7.75. The van der Waals surface area contributed by atoms with E-state index in [1.54, 1.807) is 6.20 Å². The van der Waals surface area contributed by atoms with Crippen LogP contribution in [0.4, 0.5) is 5.69 Å². The van der Waals surface area contributed by atoms with E-state index in [1.165, 1.54) is 0 Å². The summed E-state index contributed by atoms with van der Waals surface area (Å²) in [5.74, 6) is -0.279. The number of aliphatic hydroxyl groups is 1. The molecule has 2 unspecified atom stereocenters. The highest BCUT2D eigenvalue weighted by Crippen LogP contribution is 2.40. The number of rotatable bonds is 8. The fraction of sp³-hybridized carbons (Fsp3) is 0.591. The molecule has 6 nitrogen and oxygen atoms in total. The van der Waals surface area contributed by atoms with E-state index in [0.29, 0.717) is 24.8 Å². The molecular weight excluding hydrogens is 356 g/mol. The van der Waals surface area contributed by atoms with E-state index in [9.17, 15) is 15.0 Å². The molecule has 0 saturated carbocycles. The molecule has 2 aliphatic rings. The van der Waals surface area contributed by atoms with Crippen LogP contribution < -0.4 is 9.64 Å². The number of likely N-dealkylation sites (N-methyl/N-ethyl adjacent to an activating group) is 1. The number of nitrogens with zero attached hydrogens (tertiary/aromatic N) is 2. The molecule has 2 atom stereocenters. The fourth-order valence-corrected chi connectivity index (χ4v) is 4.19. The lowest BCUT2D eigenvalue weighted by Gasteiger charge is -2.35. The van der Waals surface area contributed by atoms with Crippen molar-refractivity contribution in [3.05, 3.63) is 35.0 Å². The van der Waals surface area contributed by atoms with Crippen LogP contribution in [0.15, 0.2) is 23.9 Å². The molecule has 0 radical (unpaired) electrons. The van der Waals surface area contributed by atoms with Crippen LogP contribution in [0.5, 0.6) is 5.75 Å². The molecule has 2 heterocycles. The fourth-order valence-electron chi connectivity index (χ4n) is 4.19. The van der Waals surface area contributed by atoms with Crippen LogP contribution in [0.25, 0.3) is 0 Å². The van der Waals surface area contributed by atoms with Crippen molar-refractivity contribution >= 4 is 11.7 Å². The number of carboxylic acids is 1. The number of likely N-dealkylation sites (tertiary alicyclic amines) is 1. The molecule has 2 aliphatic heterocycles. The Morgan fingerprint density at radius 3 is 2.79 bits per heavy atom. The zero-order valence-electron chi connectivity index (χ0n) is 17.1. The Bertz CT molecular complexity index is 746. The van der Waals surface area contributed by atoms with E-state index >= 15 is 0 Å². The molecule has 1 saturated heterocycles. The zero-order chi connectivity index (χ0) is 20.3. The standard InChI is InChI=1S/C22H32N2O4/c1-4-6-10-28-20-12-19-17(11-15(20)3)21(25)18(22(26)27)14-24(19)13-16-8-7-9-23(16)5-2/h11-12,14,16,21,25H,4-10,13H2,1-3H3,(H,26,27). The van der Waals surface area contributed by atoms with Crippen LogP contribution in [-0.4, -0.2) is 53.4 Å². The van der Waals surface area contributed by atoms with Crippen molar-refractivity contribution in [1.82, 2.24) is 4.90 Å². The Morgan fingerprint density at radius 1 is 1.32 bits per heavy atom. The van der Waals surface area contributed by atoms with Crippen molar-refractivity contribution < 1.29 is 19.7 Å². The van der Waals surface area contributed by atoms with Crippen molar-refractivity contribution in [3.8, 4) is 5.75 Å². The van der Waals surface area contributed by atoms with E-state index in [0.717, 1.165) is 55.8 Å². The SMILES string of the molecule is CCCCOc1cc2c(cc1C)C(O)C(C(=O)O)=CN2CC1CCCN1CC. The summed E-state index contributed by atoms with van der Waals surface area (Å²) in [4.78, 5) is 16.1. The molecular formula is C22H32N2O4. The van der Waals surface area contributed by atoms with E-state index in [1.807, 2.05) is 24.0 Å². The quantitative estimate of drug-likeness (QED) is 0.664. The van der Waals surface area contributed by atoms with Gasteiger partial charge in [0.1, 0.15) is 11.9 Å². The molecule has 28 heavy (non-hydrogen) atoms. The summed E-state index contributed by atoms with van der Waals surface area (Å²) < 4.78 is 5.96. The van der Waals surface area contributed by atoms with Crippen LogP contribution in [0.2, 0.25) is 0 Å². The number of aryl methyl sites for hydroxylation is 1. The Labute approximate surface area is 167 Å². The first kappa shape index (κ1) is 20.7. The largest absolute Gasteiger partial charge is 0.493 e. The highest BCUT2D eigenvalue weighted by molar-refractivity contribution is 5.90. The Hall–Kier alpha value is -2.05. The van der Waals surface area contributed by atoms with Crippen molar-refractivity contribution in [2.75, 3.05) is 31.1 Å². The molecule has 1 fully saturated rings. The van der Waals surface area contributed by atoms with Gasteiger partial charge in [-0.05, 0) is 50.9 Å². The lowest BCUT2D eigenvalue weighted by atomic mass is 9.94. The molecule has 6 heteroatoms. The van der Waals surface area contributed by atoms with Gasteiger partial charge in [0.25, 0.3) is 0 Å². The van der Waals surface area contributed by atoms with Crippen LogP contribution in [0.1, 0.15) is 56.8 Å². The maximum absolute atomic E-state index is 11.7. The first-order chi connectivity index (χ1) is 13.5. The van der Waals surface area contributed by atoms with Gasteiger partial charge in [-0.2, -0.15) is 0 Å². The third kappa shape index (κ3) is 4.18. The predicted octanol–water partition coefficient (Wildman–Crippen LogP) is 3.48. The van der Waals surface area contributed by atoms with E-state index in [-0.39, 0.29) is 5.57 Å². The minimum atomic E-state index is -1.13. The van der Waals surface area contributed by atoms with Crippen LogP contribution >= 0.6 is 0 Å². The number of benzene rings is 1. The molecule has 154 valence electrons. The van der Waals surface area contributed by atoms with E-state index in [2.05, 4.69) is 18.7 Å². The van der Waals surface area contributed by atoms with Gasteiger partial charge in [-0.3, -0.25) is 4.90 Å². The van der Waals surface area contributed by atoms with Gasteiger partial charge in [-0.1, -0.05) is 20.3 Å². The number of carboxylic acid groups (broad SMARTS) is 1. The summed E-state index contributed by atoms with van der Waals surface area (Å²) in [6.07, 6.45) is 4.79. The Balaban J connectivity index is 1.95. The van der Waals surface area contributed by atoms with Crippen molar-refractivity contribution in [1.29, 1.82) is 0 Å². The Morgan fingerprint density at radius 2 is 2.11 bits per heavy atom. The van der Waals surface area contributed by atoms with Crippen LogP contribution in [-0.2, 0) is 4.79 Å². The highest BCUT2D eigenvalue weighted by Gasteiger charge is 2.33. The van der Waals surface area contributed by atoms with E-state index in [4.69, 9.17) is 4.74 Å². The number of aliphatic hydroxyl groups excluding tert-OH is 1. The average Bonchev–Trinajstić information content (AvgIpc) is 3.12. The summed E-state index contributed by atoms with van der Waals surface area (Å²) in [6, 6.07) is 4.21. The summed E-state index contributed by atoms with van der Waals surface area (Å²) >= 11 is 0. The second kappa shape index (κ2) is 8.97. The first-order valence-corrected chi connectivity index (χ1v) is 10.4. The summed E-state index contributed by atoms with van der Waals surface area (Å²) in [5.41, 5.74) is 2.42. The van der Waals surface area contributed by atoms with Gasteiger partial charge in [0.05, 0.1) is 17.9 Å². The van der Waals surface area contributed by atoms with Gasteiger partial charge in [-0.15, -0.1) is 0 Å². The minimum Gasteiger partial charge on any atom is -0.493 e. The van der Waals surface area contributed by atoms with Crippen molar-refractivity contribution in [2.45, 2.75) is 58.6 Å². The average molecular weight is 389 g/mol. The smallest absolute Gasteiger partial charge is 0.336 e. The third-order valence-corrected chi connectivity index (χ3v) is 5.83. The van der Waals surface area contributed by atoms with Gasteiger partial charge in [0.15, 0.2) is 0 Å². The monoisotopic (exact) mass is 388 g/mol. The molecule has 0 aliphatic carbocycles. The first-order valence-electron chi connectivity index (χ1n) is 10.4. The molecule has 0 aromatic heterocycles. The number of hydrogen-bond donors (Lipinski definition) is 2. The van der Waals surface area contributed by atoms with Crippen molar-refractivity contribution in [2.24, 2.45) is 0 Å². The summed E-state index contributed by atoms with van der Waals surface area (Å²) in [5, 5.41) is 20.3. The molecule has 0 bridgehead atoms. The zero-order valence-corrected chi connectivity index (χ0v) is 17.1. The van der Waals surface area contributed by atoms with Crippen LogP contribution in [0, 0.1) is 6.92 Å². The highest BCUT2D eigenvalue weighted by atomic mass is 16.5. The summed E-state index contributed by atoms with van der Waals surface area (Å²) in [7, 11) is 0.